The summed E-state index contributed by atoms with van der Waals surface area (Å²) >= 11 is 0. The van der Waals surface area contributed by atoms with E-state index in [1.165, 1.54) is 59.5 Å². The third-order valence-corrected chi connectivity index (χ3v) is 9.23. The Morgan fingerprint density at radius 3 is 2.42 bits per heavy atom. The molecule has 0 atom stereocenters. The van der Waals surface area contributed by atoms with E-state index in [0.29, 0.717) is 0 Å². The first-order chi connectivity index (χ1) is 15.0. The van der Waals surface area contributed by atoms with Gasteiger partial charge in [0, 0.05) is 40.1 Å². The number of benzene rings is 2. The van der Waals surface area contributed by atoms with Crippen molar-refractivity contribution in [1.29, 1.82) is 0 Å². The van der Waals surface area contributed by atoms with Crippen molar-refractivity contribution in [1.82, 2.24) is 9.55 Å². The van der Waals surface area contributed by atoms with E-state index >= 15 is 0 Å². The van der Waals surface area contributed by atoms with Crippen molar-refractivity contribution >= 4 is 35.1 Å². The van der Waals surface area contributed by atoms with Crippen LogP contribution in [-0.2, 0) is 13.0 Å². The number of hydrogen-bond donors (Lipinski definition) is 0. The van der Waals surface area contributed by atoms with Gasteiger partial charge in [-0.05, 0) is 54.3 Å². The van der Waals surface area contributed by atoms with Gasteiger partial charge >= 0.3 is 0 Å². The van der Waals surface area contributed by atoms with Gasteiger partial charge in [0.05, 0.1) is 13.8 Å². The molecule has 0 unspecified atom stereocenters. The normalized spacial score (nSPS) is 15.4. The molecule has 0 radical (unpaired) electrons. The smallest absolute Gasteiger partial charge is 0.0799 e. The van der Waals surface area contributed by atoms with Crippen LogP contribution in [0.4, 0.5) is 0 Å². The molecule has 0 saturated heterocycles. The standard InChI is InChI=1S/C28H34N2Si/c1-5-30-26-13-9-8-12-23(26)24-17-21(14-15-27(24)30)25-18-22(16-20-10-6-7-11-20)28(19-29-25)31(2,3)4/h8-9,12-15,17-20H,5-7,10-11,16H2,1-4H3. The van der Waals surface area contributed by atoms with Gasteiger partial charge in [0.15, 0.2) is 0 Å². The second-order valence-corrected chi connectivity index (χ2v) is 15.4. The van der Waals surface area contributed by atoms with Crippen molar-refractivity contribution in [2.24, 2.45) is 5.92 Å². The predicted octanol–water partition coefficient (Wildman–Crippen LogP) is 7.15. The summed E-state index contributed by atoms with van der Waals surface area (Å²) in [5.74, 6) is 0.857. The summed E-state index contributed by atoms with van der Waals surface area (Å²) in [7, 11) is -1.42. The summed E-state index contributed by atoms with van der Waals surface area (Å²) in [6.07, 6.45) is 9.04. The molecule has 1 fully saturated rings. The van der Waals surface area contributed by atoms with Gasteiger partial charge in [0.2, 0.25) is 0 Å². The molecule has 4 aromatic rings. The van der Waals surface area contributed by atoms with Gasteiger partial charge in [0.1, 0.15) is 0 Å². The Morgan fingerprint density at radius 1 is 0.935 bits per heavy atom. The number of fused-ring (bicyclic) bond motifs is 3. The third kappa shape index (κ3) is 3.74. The van der Waals surface area contributed by atoms with Gasteiger partial charge in [-0.3, -0.25) is 4.98 Å². The molecule has 0 N–H and O–H groups in total. The second kappa shape index (κ2) is 7.94. The Bertz CT molecular complexity index is 1240. The number of pyridine rings is 1. The van der Waals surface area contributed by atoms with Crippen LogP contribution in [0, 0.1) is 5.92 Å². The Hall–Kier alpha value is -2.39. The minimum Gasteiger partial charge on any atom is -0.341 e. The summed E-state index contributed by atoms with van der Waals surface area (Å²) in [6, 6.07) is 18.1. The monoisotopic (exact) mass is 426 g/mol. The number of hydrogen-bond acceptors (Lipinski definition) is 1. The number of rotatable bonds is 5. The lowest BCUT2D eigenvalue weighted by Gasteiger charge is -2.23. The van der Waals surface area contributed by atoms with Crippen LogP contribution in [0.5, 0.6) is 0 Å². The molecule has 2 heterocycles. The number of nitrogens with zero attached hydrogens (tertiary/aromatic N) is 2. The van der Waals surface area contributed by atoms with E-state index in [9.17, 15) is 0 Å². The molecule has 1 aliphatic carbocycles. The van der Waals surface area contributed by atoms with Crippen molar-refractivity contribution in [3.05, 3.63) is 60.3 Å². The maximum absolute atomic E-state index is 4.99. The highest BCUT2D eigenvalue weighted by molar-refractivity contribution is 6.89. The summed E-state index contributed by atoms with van der Waals surface area (Å²) in [5, 5.41) is 4.22. The van der Waals surface area contributed by atoms with Crippen molar-refractivity contribution in [3.63, 3.8) is 0 Å². The highest BCUT2D eigenvalue weighted by Crippen LogP contribution is 2.33. The maximum atomic E-state index is 4.99. The number of para-hydroxylation sites is 1. The van der Waals surface area contributed by atoms with Crippen LogP contribution in [-0.4, -0.2) is 17.6 Å². The van der Waals surface area contributed by atoms with Crippen LogP contribution < -0.4 is 5.19 Å². The minimum absolute atomic E-state index is 0.857. The average Bonchev–Trinajstić information content (AvgIpc) is 3.38. The Kier molecular flexibility index (Phi) is 5.25. The molecule has 2 aromatic carbocycles. The second-order valence-electron chi connectivity index (χ2n) is 10.3. The first-order valence-electron chi connectivity index (χ1n) is 12.0. The van der Waals surface area contributed by atoms with Crippen LogP contribution >= 0.6 is 0 Å². The number of aromatic nitrogens is 2. The summed E-state index contributed by atoms with van der Waals surface area (Å²) < 4.78 is 2.42. The number of aryl methyl sites for hydroxylation is 1. The van der Waals surface area contributed by atoms with Gasteiger partial charge in [0.25, 0.3) is 0 Å². The highest BCUT2D eigenvalue weighted by Gasteiger charge is 2.24. The quantitative estimate of drug-likeness (QED) is 0.310. The van der Waals surface area contributed by atoms with Crippen LogP contribution in [0.3, 0.4) is 0 Å². The molecule has 2 nitrogen and oxygen atoms in total. The van der Waals surface area contributed by atoms with E-state index in [-0.39, 0.29) is 0 Å². The molecule has 31 heavy (non-hydrogen) atoms. The van der Waals surface area contributed by atoms with Crippen molar-refractivity contribution in [3.8, 4) is 11.3 Å². The molecule has 160 valence electrons. The Balaban J connectivity index is 1.63. The first-order valence-corrected chi connectivity index (χ1v) is 15.5. The first kappa shape index (κ1) is 20.5. The van der Waals surface area contributed by atoms with E-state index in [4.69, 9.17) is 4.98 Å². The van der Waals surface area contributed by atoms with Crippen molar-refractivity contribution < 1.29 is 0 Å². The third-order valence-electron chi connectivity index (χ3n) is 7.17. The van der Waals surface area contributed by atoms with Crippen LogP contribution in [0.15, 0.2) is 54.7 Å². The molecular formula is C28H34N2Si. The lowest BCUT2D eigenvalue weighted by atomic mass is 9.97. The van der Waals surface area contributed by atoms with Gasteiger partial charge in [-0.15, -0.1) is 0 Å². The molecule has 0 aliphatic heterocycles. The topological polar surface area (TPSA) is 17.8 Å². The highest BCUT2D eigenvalue weighted by atomic mass is 28.3. The average molecular weight is 427 g/mol. The summed E-state index contributed by atoms with van der Waals surface area (Å²) in [6.45, 7) is 10.6. The van der Waals surface area contributed by atoms with Gasteiger partial charge < -0.3 is 4.57 Å². The molecule has 0 amide bonds. The fraction of sp³-hybridized carbons (Fsp3) is 0.393. The van der Waals surface area contributed by atoms with E-state index in [1.807, 2.05) is 0 Å². The van der Waals surface area contributed by atoms with E-state index in [2.05, 4.69) is 85.9 Å². The van der Waals surface area contributed by atoms with Crippen LogP contribution in [0.1, 0.15) is 38.2 Å². The van der Waals surface area contributed by atoms with E-state index in [1.54, 1.807) is 10.8 Å². The molecule has 3 heteroatoms. The zero-order valence-corrected chi connectivity index (χ0v) is 20.4. The predicted molar refractivity (Wildman–Crippen MR) is 137 cm³/mol. The van der Waals surface area contributed by atoms with E-state index in [0.717, 1.165) is 18.2 Å². The van der Waals surface area contributed by atoms with Crippen molar-refractivity contribution in [2.45, 2.75) is 65.2 Å². The molecular weight excluding hydrogens is 392 g/mol. The largest absolute Gasteiger partial charge is 0.341 e. The van der Waals surface area contributed by atoms with Gasteiger partial charge in [-0.1, -0.05) is 69.6 Å². The molecule has 5 rings (SSSR count). The SMILES string of the molecule is CCn1c2ccccc2c2cc(-c3cc(CC4CCCC4)c([Si](C)(C)C)cn3)ccc21. The van der Waals surface area contributed by atoms with E-state index < -0.39 is 8.07 Å². The Morgan fingerprint density at radius 2 is 1.68 bits per heavy atom. The molecule has 0 spiro atoms. The fourth-order valence-electron chi connectivity index (χ4n) is 5.58. The lowest BCUT2D eigenvalue weighted by molar-refractivity contribution is 0.547. The van der Waals surface area contributed by atoms with Gasteiger partial charge in [-0.2, -0.15) is 0 Å². The zero-order chi connectivity index (χ0) is 21.6. The lowest BCUT2D eigenvalue weighted by Crippen LogP contribution is -2.41. The van der Waals surface area contributed by atoms with Crippen molar-refractivity contribution in [2.75, 3.05) is 0 Å². The molecule has 1 saturated carbocycles. The fourth-order valence-corrected chi connectivity index (χ4v) is 7.17. The maximum Gasteiger partial charge on any atom is 0.0799 e. The molecule has 1 aliphatic rings. The van der Waals surface area contributed by atoms with Crippen LogP contribution in [0.2, 0.25) is 19.6 Å². The molecule has 2 aromatic heterocycles. The summed E-state index contributed by atoms with van der Waals surface area (Å²) in [5.41, 5.74) is 6.57. The van der Waals surface area contributed by atoms with Gasteiger partial charge in [-0.25, -0.2) is 0 Å². The molecule has 0 bridgehead atoms. The minimum atomic E-state index is -1.42. The van der Waals surface area contributed by atoms with Crippen LogP contribution in [0.25, 0.3) is 33.1 Å². The summed E-state index contributed by atoms with van der Waals surface area (Å²) in [4.78, 5) is 4.99. The zero-order valence-electron chi connectivity index (χ0n) is 19.4. The Labute approximate surface area is 187 Å².